The zero-order valence-electron chi connectivity index (χ0n) is 20.9. The second kappa shape index (κ2) is 9.33. The Kier molecular flexibility index (Phi) is 6.70. The van der Waals surface area contributed by atoms with Crippen molar-refractivity contribution < 1.29 is 27.8 Å². The number of carbonyl (C=O) groups is 1. The van der Waals surface area contributed by atoms with Gasteiger partial charge in [0.15, 0.2) is 0 Å². The third-order valence-corrected chi connectivity index (χ3v) is 6.62. The lowest BCUT2D eigenvalue weighted by Crippen LogP contribution is -2.35. The maximum Gasteiger partial charge on any atom is 0.573 e. The summed E-state index contributed by atoms with van der Waals surface area (Å²) >= 11 is 0. The van der Waals surface area contributed by atoms with Crippen molar-refractivity contribution in [2.24, 2.45) is 10.8 Å². The molecule has 0 spiro atoms. The molecule has 0 amide bonds. The molecule has 1 aromatic heterocycles. The van der Waals surface area contributed by atoms with Gasteiger partial charge in [0.25, 0.3) is 0 Å². The fourth-order valence-electron chi connectivity index (χ4n) is 5.85. The quantitative estimate of drug-likeness (QED) is 0.350. The number of fused-ring (bicyclic) bond motifs is 1. The summed E-state index contributed by atoms with van der Waals surface area (Å²) in [5, 5.41) is 12.3. The number of aromatic nitrogens is 2. The zero-order valence-corrected chi connectivity index (χ0v) is 20.9. The molecule has 0 aliphatic heterocycles. The predicted octanol–water partition coefficient (Wildman–Crippen LogP) is 7.47. The number of nitrogens with one attached hydrogen (secondary N) is 1. The average molecular weight is 504 g/mol. The molecule has 6 nitrogen and oxygen atoms in total. The van der Waals surface area contributed by atoms with E-state index in [9.17, 15) is 18.0 Å². The molecule has 0 radical (unpaired) electrons. The molecule has 36 heavy (non-hydrogen) atoms. The van der Waals surface area contributed by atoms with E-state index < -0.39 is 12.3 Å². The van der Waals surface area contributed by atoms with Gasteiger partial charge in [-0.05, 0) is 78.5 Å². The zero-order chi connectivity index (χ0) is 26.3. The number of ether oxygens (including phenoxy) is 1. The average Bonchev–Trinajstić information content (AvgIpc) is 3.07. The number of halogens is 3. The molecule has 4 rings (SSSR count). The Morgan fingerprint density at radius 2 is 1.75 bits per heavy atom. The van der Waals surface area contributed by atoms with E-state index >= 15 is 0 Å². The molecule has 3 aromatic rings. The smallest absolute Gasteiger partial charge is 0.481 e. The van der Waals surface area contributed by atoms with Crippen LogP contribution < -0.4 is 10.1 Å². The van der Waals surface area contributed by atoms with E-state index in [-0.39, 0.29) is 29.0 Å². The number of aliphatic carboxylic acids is 1. The first kappa shape index (κ1) is 25.9. The van der Waals surface area contributed by atoms with Crippen LogP contribution >= 0.6 is 0 Å². The molecule has 2 N–H and O–H groups in total. The van der Waals surface area contributed by atoms with Crippen molar-refractivity contribution >= 4 is 28.6 Å². The van der Waals surface area contributed by atoms with Gasteiger partial charge in [0, 0.05) is 18.2 Å². The Morgan fingerprint density at radius 1 is 1.11 bits per heavy atom. The highest BCUT2D eigenvalue weighted by atomic mass is 19.4. The summed E-state index contributed by atoms with van der Waals surface area (Å²) in [6.07, 6.45) is -1.29. The lowest BCUT2D eigenvalue weighted by molar-refractivity contribution is -0.274. The van der Waals surface area contributed by atoms with Crippen LogP contribution in [0.5, 0.6) is 5.75 Å². The summed E-state index contributed by atoms with van der Waals surface area (Å²) in [6.45, 7) is 9.10. The van der Waals surface area contributed by atoms with Gasteiger partial charge < -0.3 is 19.7 Å². The third kappa shape index (κ3) is 6.30. The molecule has 1 aliphatic carbocycles. The van der Waals surface area contributed by atoms with E-state index in [4.69, 9.17) is 10.1 Å². The molecule has 0 unspecified atom stereocenters. The third-order valence-electron chi connectivity index (χ3n) is 6.62. The van der Waals surface area contributed by atoms with Crippen molar-refractivity contribution in [3.8, 4) is 5.75 Å². The fraction of sp³-hybridized carbons (Fsp3) is 0.481. The molecule has 0 bridgehead atoms. The molecule has 1 heterocycles. The van der Waals surface area contributed by atoms with E-state index in [1.54, 1.807) is 0 Å². The van der Waals surface area contributed by atoms with E-state index in [1.807, 2.05) is 18.2 Å². The second-order valence-electron chi connectivity index (χ2n) is 11.3. The highest BCUT2D eigenvalue weighted by Gasteiger charge is 2.40. The Bertz CT molecular complexity index is 1230. The molecular weight excluding hydrogens is 471 g/mol. The van der Waals surface area contributed by atoms with Gasteiger partial charge in [0.1, 0.15) is 5.75 Å². The first-order valence-electron chi connectivity index (χ1n) is 12.1. The van der Waals surface area contributed by atoms with Crippen LogP contribution in [-0.2, 0) is 11.2 Å². The molecule has 1 aliphatic rings. The number of carboxylic acids is 1. The van der Waals surface area contributed by atoms with Gasteiger partial charge >= 0.3 is 12.3 Å². The highest BCUT2D eigenvalue weighted by Crippen LogP contribution is 2.51. The minimum Gasteiger partial charge on any atom is -0.481 e. The number of hydrogen-bond donors (Lipinski definition) is 2. The molecule has 1 fully saturated rings. The minimum atomic E-state index is -4.75. The number of nitrogens with zero attached hydrogens (tertiary/aromatic N) is 2. The molecule has 2 aromatic carbocycles. The number of rotatable bonds is 7. The van der Waals surface area contributed by atoms with Crippen LogP contribution in [0.25, 0.3) is 11.0 Å². The molecule has 194 valence electrons. The van der Waals surface area contributed by atoms with Crippen molar-refractivity contribution in [2.45, 2.75) is 72.2 Å². The van der Waals surface area contributed by atoms with E-state index in [1.165, 1.54) is 24.3 Å². The number of alkyl halides is 3. The lowest BCUT2D eigenvalue weighted by Gasteiger charge is -2.45. The maximum atomic E-state index is 12.5. The van der Waals surface area contributed by atoms with Gasteiger partial charge in [-0.1, -0.05) is 33.8 Å². The molecule has 0 atom stereocenters. The van der Waals surface area contributed by atoms with Gasteiger partial charge in [-0.15, -0.1) is 13.2 Å². The number of imidazole rings is 1. The summed E-state index contributed by atoms with van der Waals surface area (Å²) in [5.41, 5.74) is 3.41. The SMILES string of the molecule is CC1(C)CC(n2c(Nc3ccc(OC(F)(F)F)cc3)nc3cc(CCC(=O)O)ccc32)CC(C)(C)C1. The van der Waals surface area contributed by atoms with Crippen molar-refractivity contribution in [2.75, 3.05) is 5.32 Å². The summed E-state index contributed by atoms with van der Waals surface area (Å²) in [6, 6.07) is 11.6. The first-order chi connectivity index (χ1) is 16.7. The summed E-state index contributed by atoms with van der Waals surface area (Å²) in [4.78, 5) is 15.9. The summed E-state index contributed by atoms with van der Waals surface area (Å²) in [5.74, 6) is -0.545. The molecule has 1 saturated carbocycles. The van der Waals surface area contributed by atoms with Crippen LogP contribution in [0.1, 0.15) is 65.0 Å². The van der Waals surface area contributed by atoms with Gasteiger partial charge in [0.2, 0.25) is 5.95 Å². The topological polar surface area (TPSA) is 76.4 Å². The Hall–Kier alpha value is -3.23. The van der Waals surface area contributed by atoms with Gasteiger partial charge in [-0.2, -0.15) is 0 Å². The Labute approximate surface area is 208 Å². The number of carboxylic acid groups (broad SMARTS) is 1. The predicted molar refractivity (Wildman–Crippen MR) is 133 cm³/mol. The minimum absolute atomic E-state index is 0.0364. The van der Waals surface area contributed by atoms with Crippen molar-refractivity contribution in [1.29, 1.82) is 0 Å². The van der Waals surface area contributed by atoms with Crippen LogP contribution in [0.4, 0.5) is 24.8 Å². The summed E-state index contributed by atoms with van der Waals surface area (Å²) in [7, 11) is 0. The van der Waals surface area contributed by atoms with Crippen molar-refractivity contribution in [3.05, 3.63) is 48.0 Å². The number of anilines is 2. The largest absolute Gasteiger partial charge is 0.573 e. The fourth-order valence-corrected chi connectivity index (χ4v) is 5.85. The summed E-state index contributed by atoms with van der Waals surface area (Å²) < 4.78 is 43.8. The van der Waals surface area contributed by atoms with E-state index in [2.05, 4.69) is 42.3 Å². The van der Waals surface area contributed by atoms with Crippen molar-refractivity contribution in [1.82, 2.24) is 9.55 Å². The van der Waals surface area contributed by atoms with E-state index in [0.717, 1.165) is 35.9 Å². The molecular formula is C27H32F3N3O3. The van der Waals surface area contributed by atoms with Crippen LogP contribution in [0.15, 0.2) is 42.5 Å². The molecule has 9 heteroatoms. The van der Waals surface area contributed by atoms with Crippen LogP contribution in [0, 0.1) is 10.8 Å². The van der Waals surface area contributed by atoms with Gasteiger partial charge in [0.05, 0.1) is 11.0 Å². The number of benzene rings is 2. The Morgan fingerprint density at radius 3 is 2.33 bits per heavy atom. The normalized spacial score (nSPS) is 17.8. The first-order valence-corrected chi connectivity index (χ1v) is 12.1. The lowest BCUT2D eigenvalue weighted by atomic mass is 9.63. The standard InChI is InChI=1S/C27H32F3N3O3/c1-25(2)14-19(15-26(3,4)16-25)33-22-11-5-17(6-12-23(34)35)13-21(22)32-24(33)31-18-7-9-20(10-8-18)36-27(28,29)30/h5,7-11,13,19H,6,12,14-16H2,1-4H3,(H,31,32)(H,34,35). The second-order valence-corrected chi connectivity index (χ2v) is 11.3. The van der Waals surface area contributed by atoms with Crippen LogP contribution in [-0.4, -0.2) is 27.0 Å². The highest BCUT2D eigenvalue weighted by molar-refractivity contribution is 5.81. The van der Waals surface area contributed by atoms with E-state index in [0.29, 0.717) is 18.1 Å². The number of hydrogen-bond acceptors (Lipinski definition) is 4. The van der Waals surface area contributed by atoms with Crippen molar-refractivity contribution in [3.63, 3.8) is 0 Å². The number of aryl methyl sites for hydroxylation is 1. The van der Waals surface area contributed by atoms with Crippen LogP contribution in [0.2, 0.25) is 0 Å². The maximum absolute atomic E-state index is 12.5. The Balaban J connectivity index is 1.72. The van der Waals surface area contributed by atoms with Gasteiger partial charge in [-0.25, -0.2) is 4.98 Å². The molecule has 0 saturated heterocycles. The van der Waals surface area contributed by atoms with Crippen LogP contribution in [0.3, 0.4) is 0 Å². The van der Waals surface area contributed by atoms with Gasteiger partial charge in [-0.3, -0.25) is 4.79 Å². The monoisotopic (exact) mass is 503 g/mol.